The van der Waals surface area contributed by atoms with Gasteiger partial charge in [-0.3, -0.25) is 9.59 Å². The first-order chi connectivity index (χ1) is 18.4. The highest BCUT2D eigenvalue weighted by Gasteiger charge is 2.36. The van der Waals surface area contributed by atoms with Crippen molar-refractivity contribution in [1.29, 1.82) is 0 Å². The summed E-state index contributed by atoms with van der Waals surface area (Å²) in [5.74, 6) is -1.19. The molecule has 7 nitrogen and oxygen atoms in total. The predicted octanol–water partition coefficient (Wildman–Crippen LogP) is 5.17. The normalized spacial score (nSPS) is 16.7. The van der Waals surface area contributed by atoms with E-state index in [1.54, 1.807) is 34.0 Å². The fourth-order valence-corrected chi connectivity index (χ4v) is 5.07. The third kappa shape index (κ3) is 4.61. The van der Waals surface area contributed by atoms with Crippen molar-refractivity contribution < 1.29 is 23.1 Å². The minimum absolute atomic E-state index is 0.125. The molecule has 0 aliphatic carbocycles. The van der Waals surface area contributed by atoms with Gasteiger partial charge in [-0.2, -0.15) is 5.10 Å². The lowest BCUT2D eigenvalue weighted by Crippen LogP contribution is -2.31. The molecule has 192 valence electrons. The van der Waals surface area contributed by atoms with Crippen molar-refractivity contribution >= 4 is 33.4 Å². The Morgan fingerprint density at radius 2 is 1.82 bits per heavy atom. The standard InChI is InChI=1S/C28H21BrF2N4O3/c29-19-3-7-21(8-4-19)35-14-22(27(33-35)16-1-5-20(30)6-2-16)28-34(26(37)15-38-28)10-9-17-12-24-18(11-23(17)31)13-25(36)32-24/h1-8,11-12,14,28H,9-10,13,15H2,(H,32,36). The van der Waals surface area contributed by atoms with Crippen molar-refractivity contribution in [2.24, 2.45) is 0 Å². The minimum atomic E-state index is -0.760. The summed E-state index contributed by atoms with van der Waals surface area (Å²) >= 11 is 3.43. The molecule has 1 unspecified atom stereocenters. The van der Waals surface area contributed by atoms with Crippen molar-refractivity contribution in [2.75, 3.05) is 18.5 Å². The summed E-state index contributed by atoms with van der Waals surface area (Å²) in [5, 5.41) is 7.49. The Morgan fingerprint density at radius 1 is 1.05 bits per heavy atom. The zero-order valence-electron chi connectivity index (χ0n) is 20.0. The van der Waals surface area contributed by atoms with Gasteiger partial charge in [-0.15, -0.1) is 0 Å². The second-order valence-corrected chi connectivity index (χ2v) is 10.1. The number of ether oxygens (including phenoxy) is 1. The van der Waals surface area contributed by atoms with E-state index in [1.165, 1.54) is 18.2 Å². The average molecular weight is 579 g/mol. The Kier molecular flexibility index (Phi) is 6.29. The first kappa shape index (κ1) is 24.4. The van der Waals surface area contributed by atoms with Crippen molar-refractivity contribution in [3.8, 4) is 16.9 Å². The summed E-state index contributed by atoms with van der Waals surface area (Å²) in [6.45, 7) is 0.0686. The van der Waals surface area contributed by atoms with Gasteiger partial charge in [0.2, 0.25) is 5.91 Å². The zero-order chi connectivity index (χ0) is 26.4. The van der Waals surface area contributed by atoms with Gasteiger partial charge in [0, 0.05) is 34.0 Å². The van der Waals surface area contributed by atoms with E-state index in [1.807, 2.05) is 24.3 Å². The Bertz CT molecular complexity index is 1550. The third-order valence-electron chi connectivity index (χ3n) is 6.70. The topological polar surface area (TPSA) is 76.5 Å². The molecule has 38 heavy (non-hydrogen) atoms. The molecule has 10 heteroatoms. The van der Waals surface area contributed by atoms with Crippen LogP contribution < -0.4 is 5.32 Å². The molecule has 3 aromatic carbocycles. The molecule has 3 heterocycles. The predicted molar refractivity (Wildman–Crippen MR) is 140 cm³/mol. The van der Waals surface area contributed by atoms with Gasteiger partial charge in [0.25, 0.3) is 5.91 Å². The summed E-state index contributed by atoms with van der Waals surface area (Å²) in [7, 11) is 0. The van der Waals surface area contributed by atoms with Crippen LogP contribution in [0.4, 0.5) is 14.5 Å². The van der Waals surface area contributed by atoms with Crippen LogP contribution in [0.5, 0.6) is 0 Å². The summed E-state index contributed by atoms with van der Waals surface area (Å²) in [6.07, 6.45) is 1.42. The number of aromatic nitrogens is 2. The maximum Gasteiger partial charge on any atom is 0.250 e. The van der Waals surface area contributed by atoms with Gasteiger partial charge in [-0.25, -0.2) is 13.5 Å². The molecule has 1 fully saturated rings. The molecule has 1 atom stereocenters. The molecule has 1 aromatic heterocycles. The van der Waals surface area contributed by atoms with Crippen LogP contribution >= 0.6 is 15.9 Å². The number of halogens is 3. The van der Waals surface area contributed by atoms with E-state index >= 15 is 0 Å². The van der Waals surface area contributed by atoms with E-state index in [9.17, 15) is 18.4 Å². The second kappa shape index (κ2) is 9.77. The van der Waals surface area contributed by atoms with E-state index in [4.69, 9.17) is 9.84 Å². The number of carbonyl (C=O) groups excluding carboxylic acids is 2. The summed E-state index contributed by atoms with van der Waals surface area (Å²) in [4.78, 5) is 26.1. The maximum atomic E-state index is 14.8. The van der Waals surface area contributed by atoms with Crippen LogP contribution in [0.1, 0.15) is 22.9 Å². The number of hydrogen-bond acceptors (Lipinski definition) is 4. The highest BCUT2D eigenvalue weighted by atomic mass is 79.9. The number of amides is 2. The van der Waals surface area contributed by atoms with Crippen LogP contribution in [0, 0.1) is 11.6 Å². The number of rotatable bonds is 6. The highest BCUT2D eigenvalue weighted by molar-refractivity contribution is 9.10. The number of anilines is 1. The van der Waals surface area contributed by atoms with Crippen molar-refractivity contribution in [3.63, 3.8) is 0 Å². The van der Waals surface area contributed by atoms with Crippen molar-refractivity contribution in [2.45, 2.75) is 19.1 Å². The van der Waals surface area contributed by atoms with Gasteiger partial charge < -0.3 is 15.0 Å². The molecule has 4 aromatic rings. The van der Waals surface area contributed by atoms with Crippen LogP contribution in [0.15, 0.2) is 71.3 Å². The fourth-order valence-electron chi connectivity index (χ4n) is 4.80. The van der Waals surface area contributed by atoms with Gasteiger partial charge in [0.1, 0.15) is 23.9 Å². The van der Waals surface area contributed by atoms with Crippen LogP contribution in [-0.2, 0) is 27.2 Å². The molecule has 2 aliphatic heterocycles. The van der Waals surface area contributed by atoms with E-state index in [0.29, 0.717) is 33.6 Å². The lowest BCUT2D eigenvalue weighted by molar-refractivity contribution is -0.128. The first-order valence-electron chi connectivity index (χ1n) is 12.0. The van der Waals surface area contributed by atoms with Crippen LogP contribution in [0.2, 0.25) is 0 Å². The van der Waals surface area contributed by atoms with Crippen molar-refractivity contribution in [3.05, 3.63) is 99.7 Å². The van der Waals surface area contributed by atoms with E-state index in [2.05, 4.69) is 21.2 Å². The minimum Gasteiger partial charge on any atom is -0.344 e. The van der Waals surface area contributed by atoms with Gasteiger partial charge in [0.15, 0.2) is 6.23 Å². The molecule has 0 spiro atoms. The SMILES string of the molecule is O=C1Cc2cc(F)c(CCN3C(=O)COC3c3cn(-c4ccc(Br)cc4)nc3-c3ccc(F)cc3)cc2N1. The Labute approximate surface area is 225 Å². The molecule has 0 saturated carbocycles. The number of fused-ring (bicyclic) bond motifs is 1. The van der Waals surface area contributed by atoms with Gasteiger partial charge in [0.05, 0.1) is 12.1 Å². The summed E-state index contributed by atoms with van der Waals surface area (Å²) in [5.41, 5.74) is 4.26. The summed E-state index contributed by atoms with van der Waals surface area (Å²) < 4.78 is 37.0. The van der Waals surface area contributed by atoms with Crippen LogP contribution in [0.25, 0.3) is 16.9 Å². The zero-order valence-corrected chi connectivity index (χ0v) is 21.5. The Morgan fingerprint density at radius 3 is 2.58 bits per heavy atom. The largest absolute Gasteiger partial charge is 0.344 e. The third-order valence-corrected chi connectivity index (χ3v) is 7.23. The smallest absolute Gasteiger partial charge is 0.250 e. The molecule has 2 amide bonds. The molecule has 0 radical (unpaired) electrons. The van der Waals surface area contributed by atoms with Gasteiger partial charge >= 0.3 is 0 Å². The van der Waals surface area contributed by atoms with Gasteiger partial charge in [-0.1, -0.05) is 15.9 Å². The molecule has 2 aliphatic rings. The fraction of sp³-hybridized carbons (Fsp3) is 0.179. The number of hydrogen-bond donors (Lipinski definition) is 1. The molecule has 1 saturated heterocycles. The molecule has 1 N–H and O–H groups in total. The monoisotopic (exact) mass is 578 g/mol. The number of nitrogens with one attached hydrogen (secondary N) is 1. The van der Waals surface area contributed by atoms with Crippen LogP contribution in [-0.4, -0.2) is 39.6 Å². The molecule has 0 bridgehead atoms. The lowest BCUT2D eigenvalue weighted by Gasteiger charge is -2.23. The van der Waals surface area contributed by atoms with E-state index in [-0.39, 0.29) is 43.6 Å². The highest BCUT2D eigenvalue weighted by Crippen LogP contribution is 2.36. The second-order valence-electron chi connectivity index (χ2n) is 9.19. The van der Waals surface area contributed by atoms with Gasteiger partial charge in [-0.05, 0) is 78.2 Å². The molecular weight excluding hydrogens is 558 g/mol. The maximum absolute atomic E-state index is 14.8. The Hall–Kier alpha value is -3.89. The first-order valence-corrected chi connectivity index (χ1v) is 12.8. The number of benzene rings is 3. The van der Waals surface area contributed by atoms with Crippen LogP contribution in [0.3, 0.4) is 0 Å². The number of nitrogens with zero attached hydrogens (tertiary/aromatic N) is 3. The number of carbonyl (C=O) groups is 2. The summed E-state index contributed by atoms with van der Waals surface area (Å²) in [6, 6.07) is 16.5. The van der Waals surface area contributed by atoms with Crippen molar-refractivity contribution in [1.82, 2.24) is 14.7 Å². The Balaban J connectivity index is 1.33. The van der Waals surface area contributed by atoms with E-state index < -0.39 is 12.0 Å². The average Bonchev–Trinajstić information content (AvgIpc) is 3.59. The molecular formula is C28H21BrF2N4O3. The lowest BCUT2D eigenvalue weighted by atomic mass is 10.0. The van der Waals surface area contributed by atoms with E-state index in [0.717, 1.165) is 10.2 Å². The quantitative estimate of drug-likeness (QED) is 0.342. The molecule has 6 rings (SSSR count).